The van der Waals surface area contributed by atoms with Gasteiger partial charge in [-0.2, -0.15) is 10.2 Å². The van der Waals surface area contributed by atoms with Crippen LogP contribution in [0.15, 0.2) is 43.2 Å². The van der Waals surface area contributed by atoms with Crippen molar-refractivity contribution in [2.75, 3.05) is 23.7 Å². The van der Waals surface area contributed by atoms with Gasteiger partial charge in [0.1, 0.15) is 0 Å². The predicted octanol–water partition coefficient (Wildman–Crippen LogP) is 3.31. The molecule has 1 saturated heterocycles. The van der Waals surface area contributed by atoms with Gasteiger partial charge >= 0.3 is 0 Å². The summed E-state index contributed by atoms with van der Waals surface area (Å²) in [6.45, 7) is 3.20. The number of hydrogen-bond donors (Lipinski definition) is 2. The average Bonchev–Trinajstić information content (AvgIpc) is 3.28. The molecule has 4 aromatic heterocycles. The highest BCUT2D eigenvalue weighted by molar-refractivity contribution is 6.09. The Hall–Kier alpha value is -4.12. The third-order valence-electron chi connectivity index (χ3n) is 7.96. The van der Waals surface area contributed by atoms with Gasteiger partial charge in [-0.3, -0.25) is 29.1 Å². The Morgan fingerprint density at radius 1 is 0.974 bits per heavy atom. The lowest BCUT2D eigenvalue weighted by Crippen LogP contribution is -2.38. The largest absolute Gasteiger partial charge is 0.324 e. The number of carbonyl (C=O) groups excluding carboxylic acids is 2. The monoisotopic (exact) mass is 511 g/mol. The molecule has 1 aliphatic heterocycles. The molecule has 0 spiro atoms. The van der Waals surface area contributed by atoms with E-state index >= 15 is 0 Å². The van der Waals surface area contributed by atoms with Gasteiger partial charge < -0.3 is 10.6 Å². The van der Waals surface area contributed by atoms with Crippen molar-refractivity contribution in [2.24, 2.45) is 5.92 Å². The number of rotatable bonds is 7. The fourth-order valence-electron chi connectivity index (χ4n) is 5.74. The van der Waals surface area contributed by atoms with E-state index in [1.165, 1.54) is 25.5 Å². The van der Waals surface area contributed by atoms with E-state index in [0.29, 0.717) is 46.8 Å². The van der Waals surface area contributed by atoms with Crippen molar-refractivity contribution >= 4 is 28.7 Å². The molecule has 38 heavy (non-hydrogen) atoms. The van der Waals surface area contributed by atoms with Gasteiger partial charge in [-0.15, -0.1) is 0 Å². The smallest absolute Gasteiger partial charge is 0.259 e. The highest BCUT2D eigenvalue weighted by Gasteiger charge is 2.38. The highest BCUT2D eigenvalue weighted by atomic mass is 16.2. The number of nitrogens with one attached hydrogen (secondary N) is 2. The quantitative estimate of drug-likeness (QED) is 0.390. The number of piperidine rings is 1. The molecule has 11 nitrogen and oxygen atoms in total. The van der Waals surface area contributed by atoms with Crippen LogP contribution < -0.4 is 10.6 Å². The number of likely N-dealkylation sites (tertiary alicyclic amines) is 1. The molecule has 194 valence electrons. The van der Waals surface area contributed by atoms with E-state index in [0.717, 1.165) is 36.6 Å². The molecule has 2 unspecified atom stereocenters. The van der Waals surface area contributed by atoms with Crippen LogP contribution in [0.1, 0.15) is 54.2 Å². The second-order valence-electron chi connectivity index (χ2n) is 10.7. The maximum atomic E-state index is 13.2. The lowest BCUT2D eigenvalue weighted by Gasteiger charge is -2.25. The van der Waals surface area contributed by atoms with Gasteiger partial charge in [0.15, 0.2) is 0 Å². The SMILES string of the molecule is Cc1ncc(NC(=O)CN2CC3CCC2C3)cc1NC(=O)c1cnn2cc(-c3cnn(C4CC4)c3)ncc12. The molecule has 7 rings (SSSR count). The molecule has 2 saturated carbocycles. The third kappa shape index (κ3) is 4.32. The lowest BCUT2D eigenvalue weighted by atomic mass is 10.1. The van der Waals surface area contributed by atoms with Gasteiger partial charge in [-0.1, -0.05) is 0 Å². The van der Waals surface area contributed by atoms with Crippen LogP contribution in [0.4, 0.5) is 11.4 Å². The van der Waals surface area contributed by atoms with Gasteiger partial charge in [-0.05, 0) is 51.0 Å². The number of pyridine rings is 1. The van der Waals surface area contributed by atoms with Crippen molar-refractivity contribution in [3.05, 3.63) is 54.5 Å². The molecule has 0 radical (unpaired) electrons. The minimum atomic E-state index is -0.322. The Morgan fingerprint density at radius 2 is 1.84 bits per heavy atom. The van der Waals surface area contributed by atoms with Crippen LogP contribution in [-0.2, 0) is 4.79 Å². The van der Waals surface area contributed by atoms with Gasteiger partial charge in [0, 0.05) is 24.3 Å². The van der Waals surface area contributed by atoms with Crippen LogP contribution in [0.5, 0.6) is 0 Å². The molecule has 3 aliphatic rings. The molecule has 4 aromatic rings. The minimum absolute atomic E-state index is 0.0624. The molecule has 3 fully saturated rings. The van der Waals surface area contributed by atoms with Crippen LogP contribution >= 0.6 is 0 Å². The number of aryl methyl sites for hydroxylation is 1. The van der Waals surface area contributed by atoms with Gasteiger partial charge in [-0.25, -0.2) is 4.52 Å². The topological polar surface area (TPSA) is 122 Å². The lowest BCUT2D eigenvalue weighted by molar-refractivity contribution is -0.117. The number of amides is 2. The average molecular weight is 512 g/mol. The second-order valence-corrected chi connectivity index (χ2v) is 10.7. The summed E-state index contributed by atoms with van der Waals surface area (Å²) in [6, 6.07) is 2.78. The van der Waals surface area contributed by atoms with Crippen molar-refractivity contribution < 1.29 is 9.59 Å². The van der Waals surface area contributed by atoms with Crippen molar-refractivity contribution in [3.63, 3.8) is 0 Å². The van der Waals surface area contributed by atoms with Crippen molar-refractivity contribution in [1.29, 1.82) is 0 Å². The van der Waals surface area contributed by atoms with E-state index in [1.54, 1.807) is 35.4 Å². The molecular weight excluding hydrogens is 482 g/mol. The second kappa shape index (κ2) is 9.02. The number of hydrogen-bond acceptors (Lipinski definition) is 7. The zero-order valence-corrected chi connectivity index (χ0v) is 21.2. The Balaban J connectivity index is 1.04. The van der Waals surface area contributed by atoms with Crippen LogP contribution in [0.25, 0.3) is 16.8 Å². The van der Waals surface area contributed by atoms with Crippen molar-refractivity contribution in [3.8, 4) is 11.3 Å². The summed E-state index contributed by atoms with van der Waals surface area (Å²) in [5.41, 5.74) is 4.38. The van der Waals surface area contributed by atoms with E-state index in [1.807, 2.05) is 17.8 Å². The van der Waals surface area contributed by atoms with Crippen molar-refractivity contribution in [1.82, 2.24) is 34.3 Å². The number of carbonyl (C=O) groups is 2. The number of aromatic nitrogens is 6. The Labute approximate surface area is 219 Å². The predicted molar refractivity (Wildman–Crippen MR) is 141 cm³/mol. The molecular formula is C27H29N9O2. The Morgan fingerprint density at radius 3 is 2.63 bits per heavy atom. The molecule has 2 N–H and O–H groups in total. The van der Waals surface area contributed by atoms with Gasteiger partial charge in [0.05, 0.1) is 77.4 Å². The van der Waals surface area contributed by atoms with Crippen molar-refractivity contribution in [2.45, 2.75) is 51.1 Å². The van der Waals surface area contributed by atoms with Crippen LogP contribution in [0.3, 0.4) is 0 Å². The summed E-state index contributed by atoms with van der Waals surface area (Å²) in [4.78, 5) is 37.1. The van der Waals surface area contributed by atoms with E-state index in [-0.39, 0.29) is 11.8 Å². The maximum Gasteiger partial charge on any atom is 0.259 e. The normalized spacial score (nSPS) is 20.8. The molecule has 2 bridgehead atoms. The van der Waals surface area contributed by atoms with Crippen LogP contribution in [0, 0.1) is 12.8 Å². The molecule has 2 atom stereocenters. The van der Waals surface area contributed by atoms with Gasteiger partial charge in [0.25, 0.3) is 5.91 Å². The standard InChI is InChI=1S/C27H29N9O2/c1-16-23(7-19(9-28-16)32-26(37)15-34-12-17-2-3-21(34)6-17)33-27(38)22-10-31-36-14-24(29-11-25(22)36)18-8-30-35(13-18)20-4-5-20/h7-11,13-14,17,20-21H,2-6,12,15H2,1H3,(H,32,37)(H,33,38). The van der Waals surface area contributed by atoms with Gasteiger partial charge in [0.2, 0.25) is 5.91 Å². The first-order valence-corrected chi connectivity index (χ1v) is 13.2. The summed E-state index contributed by atoms with van der Waals surface area (Å²) < 4.78 is 3.63. The summed E-state index contributed by atoms with van der Waals surface area (Å²) in [5.74, 6) is 0.355. The molecule has 2 amide bonds. The number of nitrogens with zero attached hydrogens (tertiary/aromatic N) is 7. The fourth-order valence-corrected chi connectivity index (χ4v) is 5.74. The zero-order valence-electron chi connectivity index (χ0n) is 21.2. The first-order valence-electron chi connectivity index (χ1n) is 13.2. The zero-order chi connectivity index (χ0) is 25.8. The first-order chi connectivity index (χ1) is 18.5. The minimum Gasteiger partial charge on any atom is -0.324 e. The van der Waals surface area contributed by atoms with E-state index in [2.05, 4.69) is 35.7 Å². The number of fused-ring (bicyclic) bond motifs is 3. The third-order valence-corrected chi connectivity index (χ3v) is 7.96. The molecule has 0 aromatic carbocycles. The summed E-state index contributed by atoms with van der Waals surface area (Å²) in [6.07, 6.45) is 16.4. The summed E-state index contributed by atoms with van der Waals surface area (Å²) in [7, 11) is 0. The van der Waals surface area contributed by atoms with E-state index in [4.69, 9.17) is 0 Å². The molecule has 11 heteroatoms. The fraction of sp³-hybridized carbons (Fsp3) is 0.407. The van der Waals surface area contributed by atoms with E-state index < -0.39 is 0 Å². The number of anilines is 2. The van der Waals surface area contributed by atoms with E-state index in [9.17, 15) is 9.59 Å². The maximum absolute atomic E-state index is 13.2. The highest BCUT2D eigenvalue weighted by Crippen LogP contribution is 2.37. The molecule has 5 heterocycles. The Bertz CT molecular complexity index is 1550. The summed E-state index contributed by atoms with van der Waals surface area (Å²) >= 11 is 0. The first kappa shape index (κ1) is 23.0. The van der Waals surface area contributed by atoms with Crippen LogP contribution in [0.2, 0.25) is 0 Å². The Kier molecular flexibility index (Phi) is 5.46. The summed E-state index contributed by atoms with van der Waals surface area (Å²) in [5, 5.41) is 14.7. The molecule has 2 aliphatic carbocycles. The van der Waals surface area contributed by atoms with Crippen LogP contribution in [-0.4, -0.2) is 65.2 Å².